The third-order valence-corrected chi connectivity index (χ3v) is 4.13. The van der Waals surface area contributed by atoms with E-state index in [0.29, 0.717) is 19.6 Å². The summed E-state index contributed by atoms with van der Waals surface area (Å²) >= 11 is 0. The molecule has 0 spiro atoms. The third kappa shape index (κ3) is 5.87. The maximum Gasteiger partial charge on any atom is 0.240 e. The Bertz CT molecular complexity index is 486. The highest BCUT2D eigenvalue weighted by molar-refractivity contribution is 7.89. The summed E-state index contributed by atoms with van der Waals surface area (Å²) in [5, 5.41) is 15.3. The van der Waals surface area contributed by atoms with Gasteiger partial charge in [0.25, 0.3) is 0 Å². The highest BCUT2D eigenvalue weighted by Gasteiger charge is 2.11. The molecule has 0 bridgehead atoms. The van der Waals surface area contributed by atoms with Crippen LogP contribution in [-0.2, 0) is 10.0 Å². The lowest BCUT2D eigenvalue weighted by atomic mass is 10.3. The van der Waals surface area contributed by atoms with E-state index >= 15 is 0 Å². The minimum atomic E-state index is -3.38. The van der Waals surface area contributed by atoms with Crippen LogP contribution >= 0.6 is 0 Å². The molecule has 0 saturated heterocycles. The van der Waals surface area contributed by atoms with Gasteiger partial charge in [0.15, 0.2) is 0 Å². The third-order valence-electron chi connectivity index (χ3n) is 2.57. The Hall–Kier alpha value is -1.15. The van der Waals surface area contributed by atoms with Crippen LogP contribution in [0.15, 0.2) is 29.2 Å². The zero-order valence-corrected chi connectivity index (χ0v) is 12.7. The number of aliphatic hydroxyl groups excluding tert-OH is 1. The van der Waals surface area contributed by atoms with E-state index in [1.807, 2.05) is 0 Å². The molecule has 0 aromatic heterocycles. The molecule has 0 aliphatic heterocycles. The first-order valence-corrected chi connectivity index (χ1v) is 8.16. The Morgan fingerprint density at radius 2 is 1.85 bits per heavy atom. The molecule has 0 heterocycles. The van der Waals surface area contributed by atoms with Crippen LogP contribution in [0.5, 0.6) is 0 Å². The lowest BCUT2D eigenvalue weighted by Gasteiger charge is -2.10. The number of nitrogens with one attached hydrogen (secondary N) is 3. The lowest BCUT2D eigenvalue weighted by Crippen LogP contribution is -2.28. The molecule has 0 aliphatic rings. The van der Waals surface area contributed by atoms with Crippen molar-refractivity contribution in [1.29, 1.82) is 0 Å². The summed E-state index contributed by atoms with van der Waals surface area (Å²) < 4.78 is 25.9. The fraction of sp³-hybridized carbons (Fsp3) is 0.538. The Balaban J connectivity index is 2.43. The van der Waals surface area contributed by atoms with Crippen molar-refractivity contribution >= 4 is 15.7 Å². The van der Waals surface area contributed by atoms with E-state index in [-0.39, 0.29) is 11.0 Å². The molecule has 0 amide bonds. The largest absolute Gasteiger partial charge is 0.392 e. The summed E-state index contributed by atoms with van der Waals surface area (Å²) in [7, 11) is -3.38. The van der Waals surface area contributed by atoms with Gasteiger partial charge in [-0.15, -0.1) is 0 Å². The molecule has 1 unspecified atom stereocenters. The zero-order chi connectivity index (χ0) is 15.0. The van der Waals surface area contributed by atoms with Gasteiger partial charge in [-0.1, -0.05) is 6.92 Å². The topological polar surface area (TPSA) is 90.5 Å². The smallest absolute Gasteiger partial charge is 0.240 e. The highest BCUT2D eigenvalue weighted by Crippen LogP contribution is 2.13. The van der Waals surface area contributed by atoms with Crippen LogP contribution in [0.25, 0.3) is 0 Å². The van der Waals surface area contributed by atoms with E-state index < -0.39 is 10.0 Å². The number of aliphatic hydroxyl groups is 1. The van der Waals surface area contributed by atoms with Gasteiger partial charge in [0.05, 0.1) is 11.0 Å². The van der Waals surface area contributed by atoms with E-state index in [4.69, 9.17) is 5.11 Å². The maximum atomic E-state index is 11.7. The van der Waals surface area contributed by atoms with Crippen LogP contribution in [0.3, 0.4) is 0 Å². The predicted molar refractivity (Wildman–Crippen MR) is 80.3 cm³/mol. The molecule has 1 aromatic rings. The molecule has 4 N–H and O–H groups in total. The first kappa shape index (κ1) is 16.9. The van der Waals surface area contributed by atoms with Gasteiger partial charge in [-0.2, -0.15) is 0 Å². The van der Waals surface area contributed by atoms with Crippen LogP contribution < -0.4 is 15.4 Å². The molecule has 0 fully saturated rings. The molecule has 0 saturated carbocycles. The second kappa shape index (κ2) is 8.21. The van der Waals surface area contributed by atoms with Crippen molar-refractivity contribution in [2.75, 3.05) is 31.5 Å². The van der Waals surface area contributed by atoms with Crippen LogP contribution in [0, 0.1) is 0 Å². The molecule has 0 radical (unpaired) electrons. The van der Waals surface area contributed by atoms with Crippen molar-refractivity contribution in [3.63, 3.8) is 0 Å². The molecule has 7 heteroatoms. The van der Waals surface area contributed by atoms with E-state index in [9.17, 15) is 8.42 Å². The summed E-state index contributed by atoms with van der Waals surface area (Å²) in [6.07, 6.45) is -0.356. The predicted octanol–water partition coefficient (Wildman–Crippen LogP) is 0.367. The normalized spacial score (nSPS) is 13.2. The van der Waals surface area contributed by atoms with Gasteiger partial charge in [-0.25, -0.2) is 13.1 Å². The van der Waals surface area contributed by atoms with E-state index in [1.54, 1.807) is 38.1 Å². The SMILES string of the molecule is CCNS(=O)(=O)c1ccc(NCCNCC(C)O)cc1. The molecular formula is C13H23N3O3S. The van der Waals surface area contributed by atoms with Crippen LogP contribution in [0.4, 0.5) is 5.69 Å². The van der Waals surface area contributed by atoms with E-state index in [2.05, 4.69) is 15.4 Å². The first-order valence-electron chi connectivity index (χ1n) is 6.68. The number of benzene rings is 1. The second-order valence-corrected chi connectivity index (χ2v) is 6.27. The Labute approximate surface area is 120 Å². The van der Waals surface area contributed by atoms with E-state index in [0.717, 1.165) is 12.2 Å². The summed E-state index contributed by atoms with van der Waals surface area (Å²) in [5.41, 5.74) is 0.860. The quantitative estimate of drug-likeness (QED) is 0.495. The lowest BCUT2D eigenvalue weighted by molar-refractivity contribution is 0.192. The van der Waals surface area contributed by atoms with Gasteiger partial charge < -0.3 is 15.7 Å². The Morgan fingerprint density at radius 1 is 1.20 bits per heavy atom. The van der Waals surface area contributed by atoms with Gasteiger partial charge in [0, 0.05) is 31.9 Å². The van der Waals surface area contributed by atoms with Crippen LogP contribution in [0.2, 0.25) is 0 Å². The minimum Gasteiger partial charge on any atom is -0.392 e. The van der Waals surface area contributed by atoms with Gasteiger partial charge in [0.2, 0.25) is 10.0 Å². The van der Waals surface area contributed by atoms with Gasteiger partial charge in [-0.05, 0) is 31.2 Å². The van der Waals surface area contributed by atoms with Crippen molar-refractivity contribution in [2.24, 2.45) is 0 Å². The zero-order valence-electron chi connectivity index (χ0n) is 11.9. The standard InChI is InChI=1S/C13H23N3O3S/c1-3-16-20(18,19)13-6-4-12(5-7-13)15-9-8-14-10-11(2)17/h4-7,11,14-17H,3,8-10H2,1-2H3. The Morgan fingerprint density at radius 3 is 2.40 bits per heavy atom. The van der Waals surface area contributed by atoms with Gasteiger partial charge >= 0.3 is 0 Å². The number of sulfonamides is 1. The Kier molecular flexibility index (Phi) is 6.94. The first-order chi connectivity index (χ1) is 9.45. The van der Waals surface area contributed by atoms with Crippen LogP contribution in [0.1, 0.15) is 13.8 Å². The van der Waals surface area contributed by atoms with Crippen molar-refractivity contribution in [3.8, 4) is 0 Å². The molecule has 1 atom stereocenters. The monoisotopic (exact) mass is 301 g/mol. The fourth-order valence-electron chi connectivity index (χ4n) is 1.63. The van der Waals surface area contributed by atoms with Crippen molar-refractivity contribution in [3.05, 3.63) is 24.3 Å². The highest BCUT2D eigenvalue weighted by atomic mass is 32.2. The number of anilines is 1. The fourth-order valence-corrected chi connectivity index (χ4v) is 2.67. The van der Waals surface area contributed by atoms with Crippen molar-refractivity contribution in [2.45, 2.75) is 24.8 Å². The summed E-state index contributed by atoms with van der Waals surface area (Å²) in [6.45, 7) is 5.82. The molecule has 1 rings (SSSR count). The minimum absolute atomic E-state index is 0.261. The average molecular weight is 301 g/mol. The summed E-state index contributed by atoms with van der Waals surface area (Å²) in [5.74, 6) is 0. The summed E-state index contributed by atoms with van der Waals surface area (Å²) in [4.78, 5) is 0.261. The molecule has 1 aromatic carbocycles. The van der Waals surface area contributed by atoms with Gasteiger partial charge in [-0.3, -0.25) is 0 Å². The van der Waals surface area contributed by atoms with Gasteiger partial charge in [0.1, 0.15) is 0 Å². The number of hydrogen-bond acceptors (Lipinski definition) is 5. The molecule has 0 aliphatic carbocycles. The van der Waals surface area contributed by atoms with E-state index in [1.165, 1.54) is 0 Å². The molecule has 20 heavy (non-hydrogen) atoms. The second-order valence-electron chi connectivity index (χ2n) is 4.51. The molecule has 6 nitrogen and oxygen atoms in total. The van der Waals surface area contributed by atoms with Crippen molar-refractivity contribution < 1.29 is 13.5 Å². The number of hydrogen-bond donors (Lipinski definition) is 4. The van der Waals surface area contributed by atoms with Crippen LogP contribution in [-0.4, -0.2) is 45.8 Å². The summed E-state index contributed by atoms with van der Waals surface area (Å²) in [6, 6.07) is 6.62. The number of rotatable bonds is 9. The average Bonchev–Trinajstić information content (AvgIpc) is 2.38. The molecule has 114 valence electrons. The maximum absolute atomic E-state index is 11.7. The van der Waals surface area contributed by atoms with Crippen molar-refractivity contribution in [1.82, 2.24) is 10.0 Å². The molecular weight excluding hydrogens is 278 g/mol.